The van der Waals surface area contributed by atoms with Crippen molar-refractivity contribution in [3.63, 3.8) is 0 Å². The first kappa shape index (κ1) is 13.6. The van der Waals surface area contributed by atoms with Crippen LogP contribution in [-0.4, -0.2) is 6.54 Å². The Balaban J connectivity index is 2.21. The number of fused-ring (bicyclic) bond motifs is 1. The molecule has 1 heteroatoms. The Morgan fingerprint density at radius 2 is 2.11 bits per heavy atom. The molecule has 0 amide bonds. The molecule has 0 saturated heterocycles. The van der Waals surface area contributed by atoms with Crippen LogP contribution >= 0.6 is 0 Å². The van der Waals surface area contributed by atoms with Gasteiger partial charge in [-0.25, -0.2) is 0 Å². The maximum atomic E-state index is 3.76. The van der Waals surface area contributed by atoms with Crippen LogP contribution in [0.1, 0.15) is 62.8 Å². The van der Waals surface area contributed by atoms with Gasteiger partial charge in [0.05, 0.1) is 0 Å². The largest absolute Gasteiger partial charge is 0.310 e. The van der Waals surface area contributed by atoms with Gasteiger partial charge in [0.25, 0.3) is 0 Å². The van der Waals surface area contributed by atoms with E-state index in [1.165, 1.54) is 31.2 Å². The van der Waals surface area contributed by atoms with Crippen molar-refractivity contribution in [1.82, 2.24) is 5.32 Å². The van der Waals surface area contributed by atoms with Gasteiger partial charge in [0, 0.05) is 6.04 Å². The molecule has 1 unspecified atom stereocenters. The molecule has 0 fully saturated rings. The minimum Gasteiger partial charge on any atom is -0.310 e. The molecule has 2 rings (SSSR count). The summed E-state index contributed by atoms with van der Waals surface area (Å²) in [5.41, 5.74) is 4.90. The Labute approximate surface area is 112 Å². The van der Waals surface area contributed by atoms with Crippen LogP contribution in [0.2, 0.25) is 0 Å². The van der Waals surface area contributed by atoms with Gasteiger partial charge >= 0.3 is 0 Å². The first-order valence-electron chi connectivity index (χ1n) is 7.34. The van der Waals surface area contributed by atoms with Crippen LogP contribution in [0.15, 0.2) is 18.2 Å². The molecular weight excluding hydrogens is 218 g/mol. The van der Waals surface area contributed by atoms with Crippen molar-refractivity contribution in [3.05, 3.63) is 34.9 Å². The Kier molecular flexibility index (Phi) is 4.11. The average Bonchev–Trinajstić information content (AvgIpc) is 2.29. The SMILES string of the molecule is CCCCNC1CC(C)(C)Cc2ccc(C)cc21. The molecule has 0 spiro atoms. The summed E-state index contributed by atoms with van der Waals surface area (Å²) in [5, 5.41) is 3.76. The summed E-state index contributed by atoms with van der Waals surface area (Å²) in [7, 11) is 0. The smallest absolute Gasteiger partial charge is 0.0328 e. The predicted molar refractivity (Wildman–Crippen MR) is 78.9 cm³/mol. The lowest BCUT2D eigenvalue weighted by molar-refractivity contribution is 0.257. The molecule has 1 atom stereocenters. The van der Waals surface area contributed by atoms with E-state index in [4.69, 9.17) is 0 Å². The summed E-state index contributed by atoms with van der Waals surface area (Å²) < 4.78 is 0. The highest BCUT2D eigenvalue weighted by Gasteiger charge is 2.31. The van der Waals surface area contributed by atoms with Crippen molar-refractivity contribution in [2.75, 3.05) is 6.54 Å². The predicted octanol–water partition coefficient (Wildman–Crippen LogP) is 4.40. The van der Waals surface area contributed by atoms with Gasteiger partial charge in [-0.1, -0.05) is 51.0 Å². The topological polar surface area (TPSA) is 12.0 Å². The number of aryl methyl sites for hydroxylation is 1. The van der Waals surface area contributed by atoms with Gasteiger partial charge in [-0.15, -0.1) is 0 Å². The zero-order valence-electron chi connectivity index (χ0n) is 12.3. The van der Waals surface area contributed by atoms with Crippen LogP contribution in [0, 0.1) is 12.3 Å². The van der Waals surface area contributed by atoms with Gasteiger partial charge in [-0.05, 0) is 49.3 Å². The fraction of sp³-hybridized carbons (Fsp3) is 0.647. The van der Waals surface area contributed by atoms with Crippen molar-refractivity contribution in [2.24, 2.45) is 5.41 Å². The van der Waals surface area contributed by atoms with E-state index in [9.17, 15) is 0 Å². The van der Waals surface area contributed by atoms with Crippen LogP contribution in [0.4, 0.5) is 0 Å². The molecule has 1 aromatic rings. The number of rotatable bonds is 4. The fourth-order valence-corrected chi connectivity index (χ4v) is 3.09. The van der Waals surface area contributed by atoms with Gasteiger partial charge in [-0.2, -0.15) is 0 Å². The standard InChI is InChI=1S/C17H27N/c1-5-6-9-18-16-12-17(3,4)11-14-8-7-13(2)10-15(14)16/h7-8,10,16,18H,5-6,9,11-12H2,1-4H3. The van der Waals surface area contributed by atoms with Crippen molar-refractivity contribution >= 4 is 0 Å². The number of nitrogens with one attached hydrogen (secondary N) is 1. The van der Waals surface area contributed by atoms with Gasteiger partial charge in [0.15, 0.2) is 0 Å². The van der Waals surface area contributed by atoms with Gasteiger partial charge in [-0.3, -0.25) is 0 Å². The summed E-state index contributed by atoms with van der Waals surface area (Å²) in [6.07, 6.45) is 5.02. The van der Waals surface area contributed by atoms with Crippen LogP contribution in [-0.2, 0) is 6.42 Å². The van der Waals surface area contributed by atoms with Crippen molar-refractivity contribution < 1.29 is 0 Å². The van der Waals surface area contributed by atoms with E-state index in [1.54, 1.807) is 11.1 Å². The summed E-state index contributed by atoms with van der Waals surface area (Å²) in [6, 6.07) is 7.52. The molecule has 1 aromatic carbocycles. The molecule has 0 radical (unpaired) electrons. The minimum atomic E-state index is 0.423. The lowest BCUT2D eigenvalue weighted by Gasteiger charge is -2.38. The molecule has 0 saturated carbocycles. The molecule has 0 aliphatic heterocycles. The van der Waals surface area contributed by atoms with E-state index in [0.29, 0.717) is 11.5 Å². The number of hydrogen-bond acceptors (Lipinski definition) is 1. The molecule has 1 nitrogen and oxygen atoms in total. The molecule has 0 bridgehead atoms. The molecule has 1 aliphatic carbocycles. The minimum absolute atomic E-state index is 0.423. The fourth-order valence-electron chi connectivity index (χ4n) is 3.09. The van der Waals surface area contributed by atoms with Crippen molar-refractivity contribution in [2.45, 2.75) is 59.4 Å². The summed E-state index contributed by atoms with van der Waals surface area (Å²) >= 11 is 0. The van der Waals surface area contributed by atoms with Crippen LogP contribution < -0.4 is 5.32 Å². The van der Waals surface area contributed by atoms with E-state index in [-0.39, 0.29) is 0 Å². The number of unbranched alkanes of at least 4 members (excludes halogenated alkanes) is 1. The molecule has 0 aromatic heterocycles. The first-order valence-corrected chi connectivity index (χ1v) is 7.34. The Bertz CT molecular complexity index is 406. The molecular formula is C17H27N. The third-order valence-corrected chi connectivity index (χ3v) is 4.02. The van der Waals surface area contributed by atoms with E-state index >= 15 is 0 Å². The summed E-state index contributed by atoms with van der Waals surface area (Å²) in [5.74, 6) is 0. The second-order valence-corrected chi connectivity index (χ2v) is 6.61. The van der Waals surface area contributed by atoms with Crippen LogP contribution in [0.25, 0.3) is 0 Å². The number of hydrogen-bond donors (Lipinski definition) is 1. The summed E-state index contributed by atoms with van der Waals surface area (Å²) in [6.45, 7) is 10.4. The third-order valence-electron chi connectivity index (χ3n) is 4.02. The molecule has 1 N–H and O–H groups in total. The second kappa shape index (κ2) is 5.44. The monoisotopic (exact) mass is 245 g/mol. The van der Waals surface area contributed by atoms with Gasteiger partial charge in [0.2, 0.25) is 0 Å². The zero-order chi connectivity index (χ0) is 13.2. The third kappa shape index (κ3) is 3.14. The van der Waals surface area contributed by atoms with Crippen molar-refractivity contribution in [3.8, 4) is 0 Å². The van der Waals surface area contributed by atoms with E-state index < -0.39 is 0 Å². The van der Waals surface area contributed by atoms with Crippen LogP contribution in [0.3, 0.4) is 0 Å². The number of benzene rings is 1. The Morgan fingerprint density at radius 1 is 1.33 bits per heavy atom. The summed E-state index contributed by atoms with van der Waals surface area (Å²) in [4.78, 5) is 0. The zero-order valence-corrected chi connectivity index (χ0v) is 12.3. The van der Waals surface area contributed by atoms with E-state index in [0.717, 1.165) is 6.54 Å². The highest BCUT2D eigenvalue weighted by atomic mass is 14.9. The Morgan fingerprint density at radius 3 is 2.83 bits per heavy atom. The molecule has 0 heterocycles. The average molecular weight is 245 g/mol. The van der Waals surface area contributed by atoms with Gasteiger partial charge < -0.3 is 5.32 Å². The van der Waals surface area contributed by atoms with Gasteiger partial charge in [0.1, 0.15) is 0 Å². The van der Waals surface area contributed by atoms with Crippen molar-refractivity contribution in [1.29, 1.82) is 0 Å². The molecule has 100 valence electrons. The van der Waals surface area contributed by atoms with Crippen LogP contribution in [0.5, 0.6) is 0 Å². The lowest BCUT2D eigenvalue weighted by atomic mass is 9.71. The lowest BCUT2D eigenvalue weighted by Crippen LogP contribution is -2.33. The maximum Gasteiger partial charge on any atom is 0.0328 e. The maximum absolute atomic E-state index is 3.76. The Hall–Kier alpha value is -0.820. The van der Waals surface area contributed by atoms with E-state index in [2.05, 4.69) is 51.2 Å². The highest BCUT2D eigenvalue weighted by Crippen LogP contribution is 2.40. The molecule has 18 heavy (non-hydrogen) atoms. The van der Waals surface area contributed by atoms with E-state index in [1.807, 2.05) is 0 Å². The first-order chi connectivity index (χ1) is 8.52. The second-order valence-electron chi connectivity index (χ2n) is 6.61. The normalized spacial score (nSPS) is 21.7. The quantitative estimate of drug-likeness (QED) is 0.775. The molecule has 1 aliphatic rings. The highest BCUT2D eigenvalue weighted by molar-refractivity contribution is 5.37.